The van der Waals surface area contributed by atoms with Crippen LogP contribution < -0.4 is 0 Å². The molecule has 0 aliphatic rings. The molecule has 0 radical (unpaired) electrons. The molecular formula is C13H11N3O2. The Morgan fingerprint density at radius 1 is 1.56 bits per heavy atom. The van der Waals surface area contributed by atoms with Crippen molar-refractivity contribution in [1.82, 2.24) is 9.97 Å². The fourth-order valence-electron chi connectivity index (χ4n) is 1.53. The molecule has 0 unspecified atom stereocenters. The highest BCUT2D eigenvalue weighted by Gasteiger charge is 2.11. The number of nitrogens with one attached hydrogen (secondary N) is 1. The van der Waals surface area contributed by atoms with Gasteiger partial charge in [0.15, 0.2) is 0 Å². The van der Waals surface area contributed by atoms with Gasteiger partial charge in [-0.3, -0.25) is 0 Å². The van der Waals surface area contributed by atoms with Crippen LogP contribution in [0.4, 0.5) is 0 Å². The molecule has 0 fully saturated rings. The normalized spacial score (nSPS) is 9.78. The molecule has 1 aromatic carbocycles. The zero-order valence-corrected chi connectivity index (χ0v) is 9.80. The number of nitriles is 1. The van der Waals surface area contributed by atoms with Crippen molar-refractivity contribution in [2.75, 3.05) is 6.61 Å². The highest BCUT2D eigenvalue weighted by molar-refractivity contribution is 5.86. The van der Waals surface area contributed by atoms with Crippen LogP contribution in [0.15, 0.2) is 30.5 Å². The third-order valence-electron chi connectivity index (χ3n) is 2.35. The van der Waals surface area contributed by atoms with Crippen LogP contribution in [0.3, 0.4) is 0 Å². The van der Waals surface area contributed by atoms with Gasteiger partial charge in [-0.15, -0.1) is 0 Å². The molecule has 0 atom stereocenters. The summed E-state index contributed by atoms with van der Waals surface area (Å²) < 4.78 is 4.84. The molecule has 1 N–H and O–H groups in total. The minimum atomic E-state index is -0.486. The largest absolute Gasteiger partial charge is 0.460 e. The van der Waals surface area contributed by atoms with Gasteiger partial charge in [-0.25, -0.2) is 9.78 Å². The standard InChI is InChI=1S/C13H11N3O2/c1-2-18-13(17)12-15-8-11(16-12)10-5-3-4-9(6-10)7-14/h3-6,8H,2H2,1H3,(H,15,16). The van der Waals surface area contributed by atoms with Crippen LogP contribution in [0, 0.1) is 11.3 Å². The molecular weight excluding hydrogens is 230 g/mol. The van der Waals surface area contributed by atoms with Gasteiger partial charge in [-0.2, -0.15) is 5.26 Å². The smallest absolute Gasteiger partial charge is 0.374 e. The van der Waals surface area contributed by atoms with E-state index in [4.69, 9.17) is 10.00 Å². The molecule has 5 nitrogen and oxygen atoms in total. The summed E-state index contributed by atoms with van der Waals surface area (Å²) in [7, 11) is 0. The molecule has 0 saturated carbocycles. The predicted molar refractivity (Wildman–Crippen MR) is 64.7 cm³/mol. The van der Waals surface area contributed by atoms with E-state index >= 15 is 0 Å². The number of aromatic amines is 1. The number of benzene rings is 1. The van der Waals surface area contributed by atoms with E-state index in [1.807, 2.05) is 6.07 Å². The zero-order valence-electron chi connectivity index (χ0n) is 9.80. The van der Waals surface area contributed by atoms with Crippen molar-refractivity contribution in [1.29, 1.82) is 5.26 Å². The molecule has 0 aliphatic heterocycles. The number of imidazole rings is 1. The molecule has 0 aliphatic carbocycles. The van der Waals surface area contributed by atoms with Crippen LogP contribution in [-0.2, 0) is 4.74 Å². The number of hydrogen-bond acceptors (Lipinski definition) is 4. The van der Waals surface area contributed by atoms with Gasteiger partial charge >= 0.3 is 5.97 Å². The molecule has 18 heavy (non-hydrogen) atoms. The molecule has 0 saturated heterocycles. The third kappa shape index (κ3) is 2.38. The zero-order chi connectivity index (χ0) is 13.0. The molecule has 5 heteroatoms. The Balaban J connectivity index is 2.29. The highest BCUT2D eigenvalue weighted by Crippen LogP contribution is 2.18. The molecule has 2 aromatic rings. The third-order valence-corrected chi connectivity index (χ3v) is 2.35. The number of carbonyl (C=O) groups is 1. The minimum Gasteiger partial charge on any atom is -0.460 e. The topological polar surface area (TPSA) is 78.8 Å². The Kier molecular flexibility index (Phi) is 3.39. The van der Waals surface area contributed by atoms with Crippen molar-refractivity contribution in [3.63, 3.8) is 0 Å². The average Bonchev–Trinajstić information content (AvgIpc) is 2.89. The van der Waals surface area contributed by atoms with E-state index < -0.39 is 5.97 Å². The lowest BCUT2D eigenvalue weighted by molar-refractivity contribution is 0.0513. The number of hydrogen-bond donors (Lipinski definition) is 1. The van der Waals surface area contributed by atoms with Gasteiger partial charge in [0.2, 0.25) is 5.82 Å². The summed E-state index contributed by atoms with van der Waals surface area (Å²) in [6, 6.07) is 9.11. The van der Waals surface area contributed by atoms with E-state index in [-0.39, 0.29) is 5.82 Å². The van der Waals surface area contributed by atoms with Crippen molar-refractivity contribution in [2.45, 2.75) is 6.92 Å². The highest BCUT2D eigenvalue weighted by atomic mass is 16.5. The lowest BCUT2D eigenvalue weighted by Gasteiger charge is -1.98. The second-order valence-electron chi connectivity index (χ2n) is 3.56. The average molecular weight is 241 g/mol. The number of H-pyrrole nitrogens is 1. The number of esters is 1. The van der Waals surface area contributed by atoms with Gasteiger partial charge in [0.25, 0.3) is 0 Å². The van der Waals surface area contributed by atoms with E-state index in [0.29, 0.717) is 17.9 Å². The van der Waals surface area contributed by atoms with Crippen molar-refractivity contribution in [3.8, 4) is 17.3 Å². The first-order chi connectivity index (χ1) is 8.74. The fourth-order valence-corrected chi connectivity index (χ4v) is 1.53. The van der Waals surface area contributed by atoms with Crippen LogP contribution in [0.5, 0.6) is 0 Å². The molecule has 1 aromatic heterocycles. The van der Waals surface area contributed by atoms with Gasteiger partial charge in [0.1, 0.15) is 0 Å². The fraction of sp³-hybridized carbons (Fsp3) is 0.154. The number of aromatic nitrogens is 2. The van der Waals surface area contributed by atoms with Gasteiger partial charge in [0.05, 0.1) is 30.1 Å². The van der Waals surface area contributed by atoms with Crippen molar-refractivity contribution >= 4 is 5.97 Å². The Morgan fingerprint density at radius 2 is 2.39 bits per heavy atom. The van der Waals surface area contributed by atoms with E-state index in [1.165, 1.54) is 0 Å². The lowest BCUT2D eigenvalue weighted by atomic mass is 10.1. The summed E-state index contributed by atoms with van der Waals surface area (Å²) in [4.78, 5) is 18.3. The maximum absolute atomic E-state index is 11.4. The summed E-state index contributed by atoms with van der Waals surface area (Å²) in [5.41, 5.74) is 2.03. The SMILES string of the molecule is CCOC(=O)c1ncc(-c2cccc(C#N)c2)[nH]1. The van der Waals surface area contributed by atoms with Crippen molar-refractivity contribution < 1.29 is 9.53 Å². The predicted octanol–water partition coefficient (Wildman–Crippen LogP) is 2.13. The second-order valence-corrected chi connectivity index (χ2v) is 3.56. The lowest BCUT2D eigenvalue weighted by Crippen LogP contribution is -2.06. The molecule has 0 bridgehead atoms. The molecule has 0 spiro atoms. The van der Waals surface area contributed by atoms with Crippen LogP contribution in [0.2, 0.25) is 0 Å². The first kappa shape index (κ1) is 11.9. The first-order valence-electron chi connectivity index (χ1n) is 5.47. The van der Waals surface area contributed by atoms with Crippen molar-refractivity contribution in [2.24, 2.45) is 0 Å². The van der Waals surface area contributed by atoms with Crippen LogP contribution in [0.25, 0.3) is 11.3 Å². The second kappa shape index (κ2) is 5.15. The van der Waals surface area contributed by atoms with Crippen LogP contribution in [-0.4, -0.2) is 22.5 Å². The first-order valence-corrected chi connectivity index (χ1v) is 5.47. The van der Waals surface area contributed by atoms with Gasteiger partial charge in [-0.1, -0.05) is 12.1 Å². The summed E-state index contributed by atoms with van der Waals surface area (Å²) in [5.74, 6) is -0.325. The summed E-state index contributed by atoms with van der Waals surface area (Å²) >= 11 is 0. The number of nitrogens with zero attached hydrogens (tertiary/aromatic N) is 2. The minimum absolute atomic E-state index is 0.161. The Hall–Kier alpha value is -2.61. The van der Waals surface area contributed by atoms with Gasteiger partial charge in [0, 0.05) is 5.56 Å². The summed E-state index contributed by atoms with van der Waals surface area (Å²) in [6.07, 6.45) is 1.54. The van der Waals surface area contributed by atoms with E-state index in [9.17, 15) is 4.79 Å². The molecule has 1 heterocycles. The Labute approximate surface area is 104 Å². The summed E-state index contributed by atoms with van der Waals surface area (Å²) in [6.45, 7) is 2.04. The van der Waals surface area contributed by atoms with E-state index in [0.717, 1.165) is 5.56 Å². The molecule has 90 valence electrons. The van der Waals surface area contributed by atoms with Crippen molar-refractivity contribution in [3.05, 3.63) is 41.9 Å². The van der Waals surface area contributed by atoms with Crippen LogP contribution >= 0.6 is 0 Å². The maximum atomic E-state index is 11.4. The Bertz CT molecular complexity index is 611. The number of carbonyl (C=O) groups excluding carboxylic acids is 1. The molecule has 0 amide bonds. The van der Waals surface area contributed by atoms with Gasteiger partial charge in [-0.05, 0) is 19.1 Å². The molecule has 2 rings (SSSR count). The number of ether oxygens (including phenoxy) is 1. The quantitative estimate of drug-likeness (QED) is 0.835. The summed E-state index contributed by atoms with van der Waals surface area (Å²) in [5, 5.41) is 8.82. The van der Waals surface area contributed by atoms with Gasteiger partial charge < -0.3 is 9.72 Å². The van der Waals surface area contributed by atoms with E-state index in [2.05, 4.69) is 16.0 Å². The monoisotopic (exact) mass is 241 g/mol. The number of rotatable bonds is 3. The van der Waals surface area contributed by atoms with E-state index in [1.54, 1.807) is 31.3 Å². The Morgan fingerprint density at radius 3 is 3.11 bits per heavy atom. The maximum Gasteiger partial charge on any atom is 0.374 e. The van der Waals surface area contributed by atoms with Crippen LogP contribution in [0.1, 0.15) is 23.1 Å².